The predicted molar refractivity (Wildman–Crippen MR) is 83.9 cm³/mol. The molecule has 1 aromatic heterocycles. The molecule has 0 saturated heterocycles. The van der Waals surface area contributed by atoms with Crippen LogP contribution in [-0.4, -0.2) is 12.0 Å². The van der Waals surface area contributed by atoms with E-state index in [1.54, 1.807) is 12.4 Å². The highest BCUT2D eigenvalue weighted by atomic mass is 79.9. The van der Waals surface area contributed by atoms with Crippen LogP contribution in [0.5, 0.6) is 0 Å². The van der Waals surface area contributed by atoms with Gasteiger partial charge in [-0.3, -0.25) is 4.98 Å². The number of benzene rings is 1. The molecule has 0 bridgehead atoms. The Bertz CT molecular complexity index is 575. The molecule has 0 aliphatic carbocycles. The van der Waals surface area contributed by atoms with E-state index in [1.807, 2.05) is 31.3 Å². The van der Waals surface area contributed by atoms with Crippen LogP contribution in [0.15, 0.2) is 41.1 Å². The standard InChI is InChI=1S/C14H13BrCl2N2/c1-18-14(7-9-4-5-19-8-13(9)17)10-2-3-11(15)12(16)6-10/h2-6,8,14,18H,7H2,1H3. The van der Waals surface area contributed by atoms with Gasteiger partial charge in [-0.25, -0.2) is 0 Å². The van der Waals surface area contributed by atoms with Gasteiger partial charge < -0.3 is 5.32 Å². The first kappa shape index (κ1) is 14.8. The van der Waals surface area contributed by atoms with E-state index in [-0.39, 0.29) is 6.04 Å². The summed E-state index contributed by atoms with van der Waals surface area (Å²) < 4.78 is 0.898. The minimum absolute atomic E-state index is 0.158. The summed E-state index contributed by atoms with van der Waals surface area (Å²) in [5, 5.41) is 4.68. The number of likely N-dealkylation sites (N-methyl/N-ethyl adjacent to an activating group) is 1. The molecule has 19 heavy (non-hydrogen) atoms. The topological polar surface area (TPSA) is 24.9 Å². The van der Waals surface area contributed by atoms with Gasteiger partial charge in [0.15, 0.2) is 0 Å². The summed E-state index contributed by atoms with van der Waals surface area (Å²) in [6.45, 7) is 0. The summed E-state index contributed by atoms with van der Waals surface area (Å²) in [4.78, 5) is 4.00. The second-order valence-electron chi connectivity index (χ2n) is 4.19. The molecule has 1 atom stereocenters. The fourth-order valence-corrected chi connectivity index (χ4v) is 2.54. The van der Waals surface area contributed by atoms with Crippen LogP contribution in [0, 0.1) is 0 Å². The first-order chi connectivity index (χ1) is 9.11. The third-order valence-corrected chi connectivity index (χ3v) is 4.55. The van der Waals surface area contributed by atoms with E-state index >= 15 is 0 Å². The Labute approximate surface area is 131 Å². The van der Waals surface area contributed by atoms with Crippen molar-refractivity contribution in [2.24, 2.45) is 0 Å². The summed E-state index contributed by atoms with van der Waals surface area (Å²) >= 11 is 15.7. The Hall–Kier alpha value is -0.610. The first-order valence-electron chi connectivity index (χ1n) is 5.82. The number of hydrogen-bond donors (Lipinski definition) is 1. The van der Waals surface area contributed by atoms with Crippen LogP contribution >= 0.6 is 39.1 Å². The number of nitrogens with one attached hydrogen (secondary N) is 1. The molecule has 0 fully saturated rings. The Balaban J connectivity index is 2.25. The van der Waals surface area contributed by atoms with Gasteiger partial charge in [0.25, 0.3) is 0 Å². The van der Waals surface area contributed by atoms with E-state index < -0.39 is 0 Å². The maximum absolute atomic E-state index is 6.15. The Morgan fingerprint density at radius 1 is 1.26 bits per heavy atom. The smallest absolute Gasteiger partial charge is 0.0622 e. The second-order valence-corrected chi connectivity index (χ2v) is 5.85. The van der Waals surface area contributed by atoms with Crippen molar-refractivity contribution >= 4 is 39.1 Å². The molecule has 5 heteroatoms. The largest absolute Gasteiger partial charge is 0.313 e. The van der Waals surface area contributed by atoms with Crippen LogP contribution in [0.4, 0.5) is 0 Å². The van der Waals surface area contributed by atoms with E-state index in [0.717, 1.165) is 22.0 Å². The SMILES string of the molecule is CNC(Cc1ccncc1Cl)c1ccc(Br)c(Cl)c1. The fraction of sp³-hybridized carbons (Fsp3) is 0.214. The predicted octanol–water partition coefficient (Wildman–Crippen LogP) is 4.65. The van der Waals surface area contributed by atoms with E-state index in [0.29, 0.717) is 10.0 Å². The van der Waals surface area contributed by atoms with Gasteiger partial charge in [0.1, 0.15) is 0 Å². The van der Waals surface area contributed by atoms with Gasteiger partial charge in [0, 0.05) is 22.9 Å². The Morgan fingerprint density at radius 2 is 2.05 bits per heavy atom. The van der Waals surface area contributed by atoms with Crippen LogP contribution in [0.2, 0.25) is 10.0 Å². The molecule has 1 heterocycles. The lowest BCUT2D eigenvalue weighted by atomic mass is 10.00. The highest BCUT2D eigenvalue weighted by Gasteiger charge is 2.13. The van der Waals surface area contributed by atoms with E-state index in [1.165, 1.54) is 0 Å². The van der Waals surface area contributed by atoms with Crippen molar-refractivity contribution in [3.8, 4) is 0 Å². The van der Waals surface area contributed by atoms with Gasteiger partial charge >= 0.3 is 0 Å². The molecule has 1 N–H and O–H groups in total. The molecule has 0 aliphatic rings. The van der Waals surface area contributed by atoms with Gasteiger partial charge in [0.2, 0.25) is 0 Å². The second kappa shape index (κ2) is 6.71. The average molecular weight is 360 g/mol. The molecule has 100 valence electrons. The fourth-order valence-electron chi connectivity index (χ4n) is 1.91. The third-order valence-electron chi connectivity index (χ3n) is 2.97. The first-order valence-corrected chi connectivity index (χ1v) is 7.37. The zero-order valence-electron chi connectivity index (χ0n) is 10.3. The molecular weight excluding hydrogens is 347 g/mol. The molecule has 1 aromatic carbocycles. The summed E-state index contributed by atoms with van der Waals surface area (Å²) in [6, 6.07) is 8.06. The molecule has 1 unspecified atom stereocenters. The summed E-state index contributed by atoms with van der Waals surface area (Å²) in [6.07, 6.45) is 4.20. The monoisotopic (exact) mass is 358 g/mol. The molecular formula is C14H13BrCl2N2. The molecule has 0 amide bonds. The van der Waals surface area contributed by atoms with Gasteiger partial charge in [0.05, 0.1) is 10.0 Å². The number of rotatable bonds is 4. The maximum Gasteiger partial charge on any atom is 0.0622 e. The normalized spacial score (nSPS) is 12.4. The Kier molecular flexibility index (Phi) is 5.22. The number of pyridine rings is 1. The quantitative estimate of drug-likeness (QED) is 0.859. The van der Waals surface area contributed by atoms with Crippen molar-refractivity contribution < 1.29 is 0 Å². The lowest BCUT2D eigenvalue weighted by Gasteiger charge is -2.18. The van der Waals surface area contributed by atoms with E-state index in [2.05, 4.69) is 26.2 Å². The highest BCUT2D eigenvalue weighted by molar-refractivity contribution is 9.10. The molecule has 0 aliphatic heterocycles. The minimum atomic E-state index is 0.158. The van der Waals surface area contributed by atoms with E-state index in [4.69, 9.17) is 23.2 Å². The molecule has 0 saturated carbocycles. The minimum Gasteiger partial charge on any atom is -0.313 e. The number of halogens is 3. The van der Waals surface area contributed by atoms with Gasteiger partial charge in [-0.05, 0) is 58.7 Å². The molecule has 2 rings (SSSR count). The lowest BCUT2D eigenvalue weighted by molar-refractivity contribution is 0.592. The van der Waals surface area contributed by atoms with Crippen molar-refractivity contribution in [1.29, 1.82) is 0 Å². The van der Waals surface area contributed by atoms with Crippen LogP contribution in [0.25, 0.3) is 0 Å². The molecule has 2 aromatic rings. The van der Waals surface area contributed by atoms with Crippen LogP contribution in [0.3, 0.4) is 0 Å². The zero-order chi connectivity index (χ0) is 13.8. The Morgan fingerprint density at radius 3 is 2.68 bits per heavy atom. The van der Waals surface area contributed by atoms with Crippen LogP contribution in [-0.2, 0) is 6.42 Å². The van der Waals surface area contributed by atoms with Crippen molar-refractivity contribution in [2.45, 2.75) is 12.5 Å². The van der Waals surface area contributed by atoms with Crippen molar-refractivity contribution in [3.05, 3.63) is 62.3 Å². The number of aromatic nitrogens is 1. The van der Waals surface area contributed by atoms with Gasteiger partial charge in [-0.1, -0.05) is 29.3 Å². The van der Waals surface area contributed by atoms with Gasteiger partial charge in [-0.15, -0.1) is 0 Å². The van der Waals surface area contributed by atoms with E-state index in [9.17, 15) is 0 Å². The van der Waals surface area contributed by atoms with Gasteiger partial charge in [-0.2, -0.15) is 0 Å². The highest BCUT2D eigenvalue weighted by Crippen LogP contribution is 2.28. The molecule has 0 spiro atoms. The van der Waals surface area contributed by atoms with Crippen molar-refractivity contribution in [1.82, 2.24) is 10.3 Å². The maximum atomic E-state index is 6.15. The third kappa shape index (κ3) is 3.69. The number of nitrogens with zero attached hydrogens (tertiary/aromatic N) is 1. The molecule has 0 radical (unpaired) electrons. The zero-order valence-corrected chi connectivity index (χ0v) is 13.4. The lowest BCUT2D eigenvalue weighted by Crippen LogP contribution is -2.19. The molecule has 2 nitrogen and oxygen atoms in total. The number of hydrogen-bond acceptors (Lipinski definition) is 2. The van der Waals surface area contributed by atoms with Crippen LogP contribution < -0.4 is 5.32 Å². The summed E-state index contributed by atoms with van der Waals surface area (Å²) in [7, 11) is 1.93. The summed E-state index contributed by atoms with van der Waals surface area (Å²) in [5.74, 6) is 0. The van der Waals surface area contributed by atoms with Crippen molar-refractivity contribution in [3.63, 3.8) is 0 Å². The average Bonchev–Trinajstić information content (AvgIpc) is 2.41. The van der Waals surface area contributed by atoms with Crippen LogP contribution in [0.1, 0.15) is 17.2 Å². The van der Waals surface area contributed by atoms with Crippen molar-refractivity contribution in [2.75, 3.05) is 7.05 Å². The summed E-state index contributed by atoms with van der Waals surface area (Å²) in [5.41, 5.74) is 2.19.